The molecule has 0 bridgehead atoms. The molecule has 0 fully saturated rings. The third-order valence-corrected chi connectivity index (χ3v) is 4.79. The molecule has 3 rings (SSSR count). The molecule has 0 atom stereocenters. The Morgan fingerprint density at radius 3 is 2.26 bits per heavy atom. The summed E-state index contributed by atoms with van der Waals surface area (Å²) in [5, 5.41) is 3.49. The van der Waals surface area contributed by atoms with Crippen molar-refractivity contribution in [3.05, 3.63) is 59.7 Å². The Kier molecular flexibility index (Phi) is 8.60. The van der Waals surface area contributed by atoms with Crippen LogP contribution in [0.3, 0.4) is 0 Å². The van der Waals surface area contributed by atoms with E-state index in [-0.39, 0.29) is 41.4 Å². The molecule has 0 unspecified atom stereocenters. The second-order valence-corrected chi connectivity index (χ2v) is 6.89. The first-order valence-electron chi connectivity index (χ1n) is 10.6. The molecule has 0 aliphatic carbocycles. The molecule has 0 saturated carbocycles. The van der Waals surface area contributed by atoms with Crippen molar-refractivity contribution in [1.82, 2.24) is 4.98 Å². The summed E-state index contributed by atoms with van der Waals surface area (Å²) in [7, 11) is 0. The molecule has 3 aromatic rings. The molecule has 0 aliphatic rings. The standard InChI is InChI=1S/C24H23F3N2O6/c1-3-32-23(30)17-10-22(35-13-26)21(34-12-25)9-16(17)18(24(31)33-4-2)11-29-20-8-14(27)7-19-15(20)5-6-28-19/h5-11,28-29H,3-4,12-13H2,1-2H3/b18-11-. The van der Waals surface area contributed by atoms with E-state index in [0.717, 1.165) is 12.1 Å². The van der Waals surface area contributed by atoms with Crippen LogP contribution in [0, 0.1) is 5.82 Å². The highest BCUT2D eigenvalue weighted by Crippen LogP contribution is 2.36. The van der Waals surface area contributed by atoms with E-state index in [1.807, 2.05) is 0 Å². The van der Waals surface area contributed by atoms with Crippen LogP contribution in [0.15, 0.2) is 42.7 Å². The lowest BCUT2D eigenvalue weighted by molar-refractivity contribution is -0.136. The first kappa shape index (κ1) is 25.5. The van der Waals surface area contributed by atoms with Gasteiger partial charge in [-0.15, -0.1) is 0 Å². The van der Waals surface area contributed by atoms with Gasteiger partial charge in [-0.25, -0.2) is 22.8 Å². The molecule has 0 aliphatic heterocycles. The maximum atomic E-state index is 14.1. The van der Waals surface area contributed by atoms with Crippen molar-refractivity contribution < 1.29 is 41.7 Å². The number of ether oxygens (including phenoxy) is 4. The number of carbonyl (C=O) groups is 2. The SMILES string of the molecule is CCOC(=O)/C(=C\Nc1cc(F)cc2[nH]ccc12)c1cc(OCF)c(OCF)cc1C(=O)OCC. The number of halogens is 3. The zero-order valence-corrected chi connectivity index (χ0v) is 19.0. The number of carbonyl (C=O) groups excluding carboxylic acids is 2. The Hall–Kier alpha value is -4.15. The molecule has 2 N–H and O–H groups in total. The number of hydrogen-bond acceptors (Lipinski definition) is 7. The van der Waals surface area contributed by atoms with Crippen molar-refractivity contribution in [3.63, 3.8) is 0 Å². The fourth-order valence-corrected chi connectivity index (χ4v) is 3.36. The number of nitrogens with one attached hydrogen (secondary N) is 2. The second kappa shape index (κ2) is 11.8. The van der Waals surface area contributed by atoms with E-state index in [0.29, 0.717) is 16.6 Å². The summed E-state index contributed by atoms with van der Waals surface area (Å²) >= 11 is 0. The highest BCUT2D eigenvalue weighted by molar-refractivity contribution is 6.19. The van der Waals surface area contributed by atoms with E-state index >= 15 is 0 Å². The fourth-order valence-electron chi connectivity index (χ4n) is 3.36. The van der Waals surface area contributed by atoms with E-state index in [9.17, 15) is 22.8 Å². The van der Waals surface area contributed by atoms with Crippen molar-refractivity contribution in [2.24, 2.45) is 0 Å². The highest BCUT2D eigenvalue weighted by atomic mass is 19.1. The minimum Gasteiger partial charge on any atom is -0.462 e. The van der Waals surface area contributed by atoms with Crippen LogP contribution in [-0.4, -0.2) is 43.9 Å². The predicted molar refractivity (Wildman–Crippen MR) is 122 cm³/mol. The van der Waals surface area contributed by atoms with Crippen molar-refractivity contribution >= 4 is 34.1 Å². The third-order valence-electron chi connectivity index (χ3n) is 4.79. The van der Waals surface area contributed by atoms with Gasteiger partial charge in [-0.1, -0.05) is 0 Å². The molecule has 0 amide bonds. The number of fused-ring (bicyclic) bond motifs is 1. The molecule has 35 heavy (non-hydrogen) atoms. The van der Waals surface area contributed by atoms with Crippen molar-refractivity contribution in [1.29, 1.82) is 0 Å². The number of rotatable bonds is 11. The number of aromatic nitrogens is 1. The minimum atomic E-state index is -1.29. The van der Waals surface area contributed by atoms with E-state index in [4.69, 9.17) is 18.9 Å². The second-order valence-electron chi connectivity index (χ2n) is 6.89. The van der Waals surface area contributed by atoms with Crippen molar-refractivity contribution in [2.45, 2.75) is 13.8 Å². The zero-order valence-electron chi connectivity index (χ0n) is 19.0. The zero-order chi connectivity index (χ0) is 25.4. The number of esters is 2. The molecular formula is C24H23F3N2O6. The number of benzene rings is 2. The molecule has 0 saturated heterocycles. The molecule has 2 aromatic carbocycles. The van der Waals surface area contributed by atoms with Gasteiger partial charge in [-0.05, 0) is 44.2 Å². The lowest BCUT2D eigenvalue weighted by Gasteiger charge is -2.17. The monoisotopic (exact) mass is 492 g/mol. The molecular weight excluding hydrogens is 469 g/mol. The van der Waals surface area contributed by atoms with Gasteiger partial charge in [0.05, 0.1) is 35.6 Å². The van der Waals surface area contributed by atoms with Gasteiger partial charge in [0.1, 0.15) is 5.82 Å². The quantitative estimate of drug-likeness (QED) is 0.283. The topological polar surface area (TPSA) is 98.9 Å². The summed E-state index contributed by atoms with van der Waals surface area (Å²) in [6.07, 6.45) is 2.83. The highest BCUT2D eigenvalue weighted by Gasteiger charge is 2.25. The summed E-state index contributed by atoms with van der Waals surface area (Å²) in [5.74, 6) is -2.77. The minimum absolute atomic E-state index is 0.00379. The molecule has 11 heteroatoms. The summed E-state index contributed by atoms with van der Waals surface area (Å²) in [4.78, 5) is 28.5. The van der Waals surface area contributed by atoms with Crippen LogP contribution in [0.5, 0.6) is 11.5 Å². The average Bonchev–Trinajstić information content (AvgIpc) is 3.29. The first-order valence-corrected chi connectivity index (χ1v) is 10.6. The predicted octanol–water partition coefficient (Wildman–Crippen LogP) is 5.11. The first-order chi connectivity index (χ1) is 16.9. The number of aromatic amines is 1. The summed E-state index contributed by atoms with van der Waals surface area (Å²) < 4.78 is 59.9. The van der Waals surface area contributed by atoms with Crippen LogP contribution in [0.1, 0.15) is 29.8 Å². The molecule has 8 nitrogen and oxygen atoms in total. The Morgan fingerprint density at radius 1 is 0.971 bits per heavy atom. The van der Waals surface area contributed by atoms with Crippen molar-refractivity contribution in [3.8, 4) is 11.5 Å². The third kappa shape index (κ3) is 5.86. The van der Waals surface area contributed by atoms with Gasteiger partial charge < -0.3 is 29.2 Å². The Labute approximate surface area is 198 Å². The smallest absolute Gasteiger partial charge is 0.340 e. The van der Waals surface area contributed by atoms with Gasteiger partial charge in [0.15, 0.2) is 11.5 Å². The van der Waals surface area contributed by atoms with Gasteiger partial charge in [-0.2, -0.15) is 0 Å². The van der Waals surface area contributed by atoms with Gasteiger partial charge in [0, 0.05) is 23.3 Å². The number of H-pyrrole nitrogens is 1. The average molecular weight is 492 g/mol. The number of anilines is 1. The van der Waals surface area contributed by atoms with E-state index in [1.54, 1.807) is 26.1 Å². The number of hydrogen-bond donors (Lipinski definition) is 2. The van der Waals surface area contributed by atoms with Gasteiger partial charge >= 0.3 is 11.9 Å². The van der Waals surface area contributed by atoms with Gasteiger partial charge in [0.25, 0.3) is 0 Å². The number of alkyl halides is 2. The van der Waals surface area contributed by atoms with Crippen LogP contribution >= 0.6 is 0 Å². The van der Waals surface area contributed by atoms with E-state index < -0.39 is 31.5 Å². The maximum absolute atomic E-state index is 14.1. The summed E-state index contributed by atoms with van der Waals surface area (Å²) in [6, 6.07) is 6.45. The molecule has 0 radical (unpaired) electrons. The molecule has 1 aromatic heterocycles. The van der Waals surface area contributed by atoms with Crippen LogP contribution < -0.4 is 14.8 Å². The largest absolute Gasteiger partial charge is 0.462 e. The van der Waals surface area contributed by atoms with Gasteiger partial charge in [0.2, 0.25) is 13.7 Å². The molecule has 0 spiro atoms. The van der Waals surface area contributed by atoms with Crippen molar-refractivity contribution in [2.75, 3.05) is 32.3 Å². The normalized spacial score (nSPS) is 11.3. The summed E-state index contributed by atoms with van der Waals surface area (Å²) in [6.45, 7) is 0.605. The molecule has 186 valence electrons. The van der Waals surface area contributed by atoms with Crippen LogP contribution in [0.4, 0.5) is 18.9 Å². The summed E-state index contributed by atoms with van der Waals surface area (Å²) in [5.41, 5.74) is 0.397. The Balaban J connectivity index is 2.19. The van der Waals surface area contributed by atoms with E-state index in [2.05, 4.69) is 10.3 Å². The molecule has 1 heterocycles. The van der Waals surface area contributed by atoms with E-state index in [1.165, 1.54) is 18.3 Å². The fraction of sp³-hybridized carbons (Fsp3) is 0.250. The lowest BCUT2D eigenvalue weighted by atomic mass is 9.99. The van der Waals surface area contributed by atoms with Crippen LogP contribution in [0.2, 0.25) is 0 Å². The maximum Gasteiger partial charge on any atom is 0.340 e. The lowest BCUT2D eigenvalue weighted by Crippen LogP contribution is -2.15. The van der Waals surface area contributed by atoms with Gasteiger partial charge in [-0.3, -0.25) is 0 Å². The Bertz CT molecular complexity index is 1240. The van der Waals surface area contributed by atoms with Crippen LogP contribution in [0.25, 0.3) is 16.5 Å². The van der Waals surface area contributed by atoms with Crippen LogP contribution in [-0.2, 0) is 14.3 Å². The Morgan fingerprint density at radius 2 is 1.63 bits per heavy atom.